The molecular formula is C27H32N2O5. The molecule has 0 aromatic heterocycles. The summed E-state index contributed by atoms with van der Waals surface area (Å²) in [4.78, 5) is 38.1. The molecule has 0 bridgehead atoms. The number of likely N-dealkylation sites (N-methyl/N-ethyl adjacent to an activating group) is 1. The number of ether oxygens (including phenoxy) is 1. The second kappa shape index (κ2) is 10.3. The van der Waals surface area contributed by atoms with E-state index in [-0.39, 0.29) is 30.3 Å². The van der Waals surface area contributed by atoms with Crippen LogP contribution in [0.15, 0.2) is 48.5 Å². The number of carboxylic acid groups (broad SMARTS) is 1. The van der Waals surface area contributed by atoms with Gasteiger partial charge < -0.3 is 20.1 Å². The molecule has 0 spiro atoms. The molecule has 1 saturated carbocycles. The Morgan fingerprint density at radius 1 is 1.03 bits per heavy atom. The molecule has 2 aromatic carbocycles. The van der Waals surface area contributed by atoms with Crippen LogP contribution in [0, 0.1) is 11.8 Å². The lowest BCUT2D eigenvalue weighted by molar-refractivity contribution is -0.151. The van der Waals surface area contributed by atoms with Crippen molar-refractivity contribution in [2.24, 2.45) is 11.8 Å². The molecule has 180 valence electrons. The van der Waals surface area contributed by atoms with Crippen molar-refractivity contribution in [2.75, 3.05) is 20.2 Å². The minimum atomic E-state index is -1.03. The number of fused-ring (bicyclic) bond motifs is 3. The number of alkyl carbamates (subject to hydrolysis) is 1. The molecular weight excluding hydrogens is 432 g/mol. The second-order valence-corrected chi connectivity index (χ2v) is 9.32. The third kappa shape index (κ3) is 4.79. The van der Waals surface area contributed by atoms with E-state index in [0.717, 1.165) is 30.4 Å². The lowest BCUT2D eigenvalue weighted by Crippen LogP contribution is -2.47. The zero-order valence-corrected chi connectivity index (χ0v) is 19.7. The number of carbonyl (C=O) groups excluding carboxylic acids is 2. The van der Waals surface area contributed by atoms with Crippen LogP contribution < -0.4 is 5.32 Å². The van der Waals surface area contributed by atoms with Crippen LogP contribution >= 0.6 is 0 Å². The molecule has 0 unspecified atom stereocenters. The van der Waals surface area contributed by atoms with Crippen LogP contribution in [0.2, 0.25) is 0 Å². The summed E-state index contributed by atoms with van der Waals surface area (Å²) in [5, 5.41) is 12.1. The third-order valence-corrected chi connectivity index (χ3v) is 7.36. The molecule has 2 aliphatic rings. The van der Waals surface area contributed by atoms with E-state index < -0.39 is 18.1 Å². The van der Waals surface area contributed by atoms with Crippen molar-refractivity contribution in [1.29, 1.82) is 0 Å². The fourth-order valence-corrected chi connectivity index (χ4v) is 5.26. The van der Waals surface area contributed by atoms with Gasteiger partial charge in [-0.3, -0.25) is 4.79 Å². The molecule has 2 N–H and O–H groups in total. The van der Waals surface area contributed by atoms with Gasteiger partial charge in [-0.1, -0.05) is 61.4 Å². The number of aliphatic carboxylic acids is 1. The largest absolute Gasteiger partial charge is 0.480 e. The number of hydrogen-bond acceptors (Lipinski definition) is 4. The molecule has 7 nitrogen and oxygen atoms in total. The fourth-order valence-electron chi connectivity index (χ4n) is 5.26. The summed E-state index contributed by atoms with van der Waals surface area (Å²) in [6, 6.07) is 15.5. The highest BCUT2D eigenvalue weighted by atomic mass is 16.5. The highest BCUT2D eigenvalue weighted by Gasteiger charge is 2.35. The summed E-state index contributed by atoms with van der Waals surface area (Å²) in [6.45, 7) is 2.08. The Balaban J connectivity index is 1.35. The standard InChI is InChI=1S/C27H32N2O5/c1-17(26(31)32)29(2)25(30)19-10-4-3-9-18(19)15-28-27(33)34-16-24-22-13-7-5-11-20(22)21-12-6-8-14-23(21)24/h5-8,11-14,17-19,24H,3-4,9-10,15-16H2,1-2H3,(H,28,33)(H,31,32)/t17-,18+,19+/m0/s1. The van der Waals surface area contributed by atoms with Crippen LogP contribution in [-0.4, -0.2) is 54.2 Å². The van der Waals surface area contributed by atoms with E-state index >= 15 is 0 Å². The molecule has 2 aromatic rings. The topological polar surface area (TPSA) is 95.9 Å². The quantitative estimate of drug-likeness (QED) is 0.638. The number of nitrogens with one attached hydrogen (secondary N) is 1. The van der Waals surface area contributed by atoms with Crippen molar-refractivity contribution in [2.45, 2.75) is 44.6 Å². The summed E-state index contributed by atoms with van der Waals surface area (Å²) < 4.78 is 5.62. The highest BCUT2D eigenvalue weighted by Crippen LogP contribution is 2.44. The number of carbonyl (C=O) groups is 3. The van der Waals surface area contributed by atoms with E-state index in [0.29, 0.717) is 13.0 Å². The molecule has 7 heteroatoms. The van der Waals surface area contributed by atoms with Gasteiger partial charge in [0.2, 0.25) is 5.91 Å². The van der Waals surface area contributed by atoms with Crippen molar-refractivity contribution < 1.29 is 24.2 Å². The zero-order valence-electron chi connectivity index (χ0n) is 19.7. The maximum atomic E-state index is 13.0. The Morgan fingerprint density at radius 2 is 1.62 bits per heavy atom. The summed E-state index contributed by atoms with van der Waals surface area (Å²) in [6.07, 6.45) is 2.93. The van der Waals surface area contributed by atoms with Gasteiger partial charge in [0.1, 0.15) is 12.6 Å². The molecule has 2 amide bonds. The number of carboxylic acids is 1. The monoisotopic (exact) mass is 464 g/mol. The van der Waals surface area contributed by atoms with Crippen LogP contribution in [-0.2, 0) is 14.3 Å². The van der Waals surface area contributed by atoms with Crippen LogP contribution in [0.25, 0.3) is 11.1 Å². The Bertz CT molecular complexity index is 1020. The van der Waals surface area contributed by atoms with Crippen LogP contribution in [0.1, 0.15) is 49.7 Å². The minimum absolute atomic E-state index is 0.00619. The maximum Gasteiger partial charge on any atom is 0.407 e. The number of hydrogen-bond donors (Lipinski definition) is 2. The first-order chi connectivity index (χ1) is 16.4. The van der Waals surface area contributed by atoms with E-state index in [1.165, 1.54) is 30.0 Å². The van der Waals surface area contributed by atoms with Crippen LogP contribution in [0.5, 0.6) is 0 Å². The summed E-state index contributed by atoms with van der Waals surface area (Å²) >= 11 is 0. The first-order valence-corrected chi connectivity index (χ1v) is 12.0. The van der Waals surface area contributed by atoms with E-state index in [1.807, 2.05) is 24.3 Å². The molecule has 0 aliphatic heterocycles. The van der Waals surface area contributed by atoms with Crippen LogP contribution in [0.3, 0.4) is 0 Å². The lowest BCUT2D eigenvalue weighted by atomic mass is 9.78. The minimum Gasteiger partial charge on any atom is -0.480 e. The van der Waals surface area contributed by atoms with Gasteiger partial charge in [-0.15, -0.1) is 0 Å². The van der Waals surface area contributed by atoms with Crippen molar-refractivity contribution in [3.63, 3.8) is 0 Å². The molecule has 0 radical (unpaired) electrons. The Labute approximate surface area is 200 Å². The van der Waals surface area contributed by atoms with Crippen molar-refractivity contribution >= 4 is 18.0 Å². The fraction of sp³-hybridized carbons (Fsp3) is 0.444. The zero-order chi connectivity index (χ0) is 24.2. The molecule has 3 atom stereocenters. The number of benzene rings is 2. The van der Waals surface area contributed by atoms with Gasteiger partial charge in [0, 0.05) is 25.4 Å². The van der Waals surface area contributed by atoms with Gasteiger partial charge in [-0.25, -0.2) is 9.59 Å². The third-order valence-electron chi connectivity index (χ3n) is 7.36. The molecule has 0 saturated heterocycles. The average molecular weight is 465 g/mol. The molecule has 0 heterocycles. The van der Waals surface area contributed by atoms with E-state index in [9.17, 15) is 19.5 Å². The number of nitrogens with zero attached hydrogens (tertiary/aromatic N) is 1. The molecule has 4 rings (SSSR count). The Hall–Kier alpha value is -3.35. The van der Waals surface area contributed by atoms with E-state index in [2.05, 4.69) is 29.6 Å². The second-order valence-electron chi connectivity index (χ2n) is 9.32. The first-order valence-electron chi connectivity index (χ1n) is 12.0. The predicted octanol–water partition coefficient (Wildman–Crippen LogP) is 4.26. The van der Waals surface area contributed by atoms with Crippen LogP contribution in [0.4, 0.5) is 4.79 Å². The van der Waals surface area contributed by atoms with Gasteiger partial charge in [-0.2, -0.15) is 0 Å². The van der Waals surface area contributed by atoms with Gasteiger partial charge in [0.15, 0.2) is 0 Å². The SMILES string of the molecule is C[C@@H](C(=O)O)N(C)C(=O)[C@@H]1CCCC[C@@H]1CNC(=O)OCC1c2ccccc2-c2ccccc21. The lowest BCUT2D eigenvalue weighted by Gasteiger charge is -2.34. The van der Waals surface area contributed by atoms with E-state index in [4.69, 9.17) is 4.74 Å². The first kappa shape index (κ1) is 23.8. The normalized spacial score (nSPS) is 20.1. The van der Waals surface area contributed by atoms with Crippen molar-refractivity contribution in [1.82, 2.24) is 10.2 Å². The highest BCUT2D eigenvalue weighted by molar-refractivity contribution is 5.85. The Kier molecular flexibility index (Phi) is 7.20. The van der Waals surface area contributed by atoms with Gasteiger partial charge in [-0.05, 0) is 47.9 Å². The van der Waals surface area contributed by atoms with Gasteiger partial charge in [0.05, 0.1) is 0 Å². The van der Waals surface area contributed by atoms with E-state index in [1.54, 1.807) is 0 Å². The van der Waals surface area contributed by atoms with Gasteiger partial charge in [0.25, 0.3) is 0 Å². The predicted molar refractivity (Wildman–Crippen MR) is 128 cm³/mol. The molecule has 1 fully saturated rings. The number of amides is 2. The number of rotatable bonds is 7. The van der Waals surface area contributed by atoms with Crippen molar-refractivity contribution in [3.8, 4) is 11.1 Å². The molecule has 2 aliphatic carbocycles. The van der Waals surface area contributed by atoms with Crippen molar-refractivity contribution in [3.05, 3.63) is 59.7 Å². The summed E-state index contributed by atoms with van der Waals surface area (Å²) in [5.74, 6) is -1.54. The smallest absolute Gasteiger partial charge is 0.407 e. The molecule has 34 heavy (non-hydrogen) atoms. The Morgan fingerprint density at radius 3 is 2.24 bits per heavy atom. The maximum absolute atomic E-state index is 13.0. The summed E-state index contributed by atoms with van der Waals surface area (Å²) in [7, 11) is 1.53. The van der Waals surface area contributed by atoms with Gasteiger partial charge >= 0.3 is 12.1 Å². The average Bonchev–Trinajstić information content (AvgIpc) is 3.18. The summed E-state index contributed by atoms with van der Waals surface area (Å²) in [5.41, 5.74) is 4.67.